The number of ether oxygens (including phenoxy) is 2. The number of anilines is 1. The van der Waals surface area contributed by atoms with Gasteiger partial charge in [0.15, 0.2) is 11.5 Å². The predicted molar refractivity (Wildman–Crippen MR) is 151 cm³/mol. The van der Waals surface area contributed by atoms with Crippen molar-refractivity contribution in [1.29, 1.82) is 0 Å². The number of carbonyl (C=O) groups excluding carboxylic acids is 2. The number of carbonyl (C=O) groups is 2. The molecule has 0 aliphatic heterocycles. The zero-order chi connectivity index (χ0) is 26.6. The Bertz CT molecular complexity index is 1270. The van der Waals surface area contributed by atoms with Crippen LogP contribution in [0.1, 0.15) is 37.3 Å². The van der Waals surface area contributed by atoms with Crippen LogP contribution in [0.4, 0.5) is 5.69 Å². The molecule has 0 aromatic heterocycles. The third kappa shape index (κ3) is 9.72. The zero-order valence-electron chi connectivity index (χ0n) is 20.1. The van der Waals surface area contributed by atoms with Crippen molar-refractivity contribution in [2.45, 2.75) is 32.8 Å². The highest BCUT2D eigenvalue weighted by molar-refractivity contribution is 9.10. The second kappa shape index (κ2) is 14.6. The average Bonchev–Trinajstić information content (AvgIpc) is 2.86. The van der Waals surface area contributed by atoms with Gasteiger partial charge in [-0.1, -0.05) is 51.3 Å². The van der Waals surface area contributed by atoms with Crippen molar-refractivity contribution < 1.29 is 19.1 Å². The van der Waals surface area contributed by atoms with Crippen molar-refractivity contribution >= 4 is 62.8 Å². The minimum absolute atomic E-state index is 0.153. The Morgan fingerprint density at radius 1 is 0.946 bits per heavy atom. The van der Waals surface area contributed by atoms with E-state index in [-0.39, 0.29) is 24.7 Å². The first-order valence-corrected chi connectivity index (χ1v) is 13.1. The van der Waals surface area contributed by atoms with Gasteiger partial charge in [-0.15, -0.1) is 0 Å². The molecule has 0 unspecified atom stereocenters. The van der Waals surface area contributed by atoms with E-state index in [9.17, 15) is 9.59 Å². The summed E-state index contributed by atoms with van der Waals surface area (Å²) in [6, 6.07) is 18.0. The number of amides is 2. The van der Waals surface area contributed by atoms with Gasteiger partial charge in [0.2, 0.25) is 11.8 Å². The van der Waals surface area contributed by atoms with Gasteiger partial charge < -0.3 is 14.8 Å². The zero-order valence-corrected chi connectivity index (χ0v) is 23.2. The molecule has 194 valence electrons. The molecule has 0 aliphatic carbocycles. The molecule has 10 heteroatoms. The first-order valence-electron chi connectivity index (χ1n) is 11.5. The fourth-order valence-electron chi connectivity index (χ4n) is 3.22. The largest absolute Gasteiger partial charge is 0.490 e. The molecule has 0 saturated heterocycles. The molecule has 7 nitrogen and oxygen atoms in total. The Hall–Kier alpha value is -3.07. The second-order valence-corrected chi connectivity index (χ2v) is 9.61. The fourth-order valence-corrected chi connectivity index (χ4v) is 3.94. The quantitative estimate of drug-likeness (QED) is 0.172. The van der Waals surface area contributed by atoms with Gasteiger partial charge in [0, 0.05) is 23.0 Å². The molecule has 2 amide bonds. The lowest BCUT2D eigenvalue weighted by molar-refractivity contribution is -0.121. The smallest absolute Gasteiger partial charge is 0.240 e. The van der Waals surface area contributed by atoms with E-state index in [0.717, 1.165) is 15.6 Å². The van der Waals surface area contributed by atoms with E-state index in [1.54, 1.807) is 36.4 Å². The number of rotatable bonds is 12. The summed E-state index contributed by atoms with van der Waals surface area (Å²) < 4.78 is 12.5. The van der Waals surface area contributed by atoms with E-state index < -0.39 is 0 Å². The van der Waals surface area contributed by atoms with Gasteiger partial charge >= 0.3 is 0 Å². The van der Waals surface area contributed by atoms with Crippen molar-refractivity contribution in [3.8, 4) is 11.5 Å². The lowest BCUT2D eigenvalue weighted by Gasteiger charge is -2.13. The van der Waals surface area contributed by atoms with Crippen molar-refractivity contribution in [3.63, 3.8) is 0 Å². The predicted octanol–water partition coefficient (Wildman–Crippen LogP) is 6.99. The summed E-state index contributed by atoms with van der Waals surface area (Å²) in [7, 11) is 0. The Morgan fingerprint density at radius 3 is 2.51 bits per heavy atom. The third-order valence-electron chi connectivity index (χ3n) is 4.96. The molecule has 3 aromatic rings. The summed E-state index contributed by atoms with van der Waals surface area (Å²) in [5.41, 5.74) is 4.77. The summed E-state index contributed by atoms with van der Waals surface area (Å²) in [4.78, 5) is 24.1. The van der Waals surface area contributed by atoms with Crippen molar-refractivity contribution in [2.75, 3.05) is 11.9 Å². The van der Waals surface area contributed by atoms with E-state index in [0.29, 0.717) is 46.9 Å². The Balaban J connectivity index is 1.46. The minimum atomic E-state index is -0.280. The Morgan fingerprint density at radius 2 is 1.76 bits per heavy atom. The summed E-state index contributed by atoms with van der Waals surface area (Å²) >= 11 is 15.4. The van der Waals surface area contributed by atoms with Gasteiger partial charge in [-0.2, -0.15) is 5.10 Å². The van der Waals surface area contributed by atoms with Gasteiger partial charge in [-0.05, 0) is 73.0 Å². The maximum Gasteiger partial charge on any atom is 0.240 e. The summed E-state index contributed by atoms with van der Waals surface area (Å²) in [5, 5.41) is 7.75. The van der Waals surface area contributed by atoms with Crippen molar-refractivity contribution in [3.05, 3.63) is 86.3 Å². The highest BCUT2D eigenvalue weighted by Gasteiger charge is 2.09. The molecule has 0 bridgehead atoms. The molecule has 0 atom stereocenters. The van der Waals surface area contributed by atoms with Crippen LogP contribution in [0.25, 0.3) is 0 Å². The van der Waals surface area contributed by atoms with Crippen LogP contribution >= 0.6 is 39.1 Å². The average molecular weight is 607 g/mol. The van der Waals surface area contributed by atoms with E-state index in [1.807, 2.05) is 31.2 Å². The van der Waals surface area contributed by atoms with Gasteiger partial charge in [-0.3, -0.25) is 9.59 Å². The highest BCUT2D eigenvalue weighted by atomic mass is 79.9. The molecular weight excluding hydrogens is 581 g/mol. The number of halogens is 3. The van der Waals surface area contributed by atoms with Crippen LogP contribution in [0.15, 0.2) is 70.2 Å². The molecule has 0 aliphatic rings. The topological polar surface area (TPSA) is 89.0 Å². The number of nitrogens with zero attached hydrogens (tertiary/aromatic N) is 1. The second-order valence-electron chi connectivity index (χ2n) is 7.88. The van der Waals surface area contributed by atoms with Gasteiger partial charge in [0.25, 0.3) is 0 Å². The molecule has 0 saturated carbocycles. The van der Waals surface area contributed by atoms with Crippen LogP contribution in [0.2, 0.25) is 10.0 Å². The maximum atomic E-state index is 12.1. The Labute approximate surface area is 234 Å². The molecule has 2 N–H and O–H groups in total. The third-order valence-corrected chi connectivity index (χ3v) is 6.20. The molecule has 0 radical (unpaired) electrons. The molecule has 0 heterocycles. The van der Waals surface area contributed by atoms with Gasteiger partial charge in [-0.25, -0.2) is 5.43 Å². The van der Waals surface area contributed by atoms with E-state index in [1.165, 1.54) is 6.21 Å². The molecule has 37 heavy (non-hydrogen) atoms. The first kappa shape index (κ1) is 28.5. The van der Waals surface area contributed by atoms with Crippen LogP contribution < -0.4 is 20.2 Å². The molecule has 0 fully saturated rings. The van der Waals surface area contributed by atoms with Gasteiger partial charge in [0.05, 0.1) is 22.9 Å². The lowest BCUT2D eigenvalue weighted by atomic mass is 10.2. The van der Waals surface area contributed by atoms with Crippen LogP contribution in [0.3, 0.4) is 0 Å². The normalized spacial score (nSPS) is 10.8. The van der Waals surface area contributed by atoms with Crippen LogP contribution in [-0.4, -0.2) is 24.6 Å². The Kier molecular flexibility index (Phi) is 11.3. The van der Waals surface area contributed by atoms with Crippen molar-refractivity contribution in [2.24, 2.45) is 5.10 Å². The number of hydrogen-bond acceptors (Lipinski definition) is 5. The monoisotopic (exact) mass is 605 g/mol. The SMILES string of the molecule is CCOc1cc(/C=N\NC(=O)CCCC(=O)Nc2cccc(Br)c2)ccc1OCc1ccc(Cl)c(Cl)c1. The lowest BCUT2D eigenvalue weighted by Crippen LogP contribution is -2.18. The maximum absolute atomic E-state index is 12.1. The molecule has 0 spiro atoms. The van der Waals surface area contributed by atoms with Crippen LogP contribution in [0.5, 0.6) is 11.5 Å². The molecule has 3 aromatic carbocycles. The van der Waals surface area contributed by atoms with Crippen LogP contribution in [-0.2, 0) is 16.2 Å². The van der Waals surface area contributed by atoms with Crippen molar-refractivity contribution in [1.82, 2.24) is 5.43 Å². The number of hydrogen-bond donors (Lipinski definition) is 2. The van der Waals surface area contributed by atoms with Gasteiger partial charge in [0.1, 0.15) is 6.61 Å². The first-order chi connectivity index (χ1) is 17.8. The number of benzene rings is 3. The highest BCUT2D eigenvalue weighted by Crippen LogP contribution is 2.30. The number of hydrazone groups is 1. The van der Waals surface area contributed by atoms with Crippen LogP contribution in [0, 0.1) is 0 Å². The van der Waals surface area contributed by atoms with E-state index in [2.05, 4.69) is 31.8 Å². The number of nitrogens with one attached hydrogen (secondary N) is 2. The molecular formula is C27H26BrCl2N3O4. The standard InChI is InChI=1S/C27H26BrCl2N3O4/c1-2-36-25-14-18(10-12-24(25)37-17-19-9-11-22(29)23(30)13-19)16-31-33-27(35)8-4-7-26(34)32-21-6-3-5-20(28)15-21/h3,5-6,9-16H,2,4,7-8,17H2,1H3,(H,32,34)(H,33,35)/b31-16-. The van der Waals surface area contributed by atoms with E-state index >= 15 is 0 Å². The minimum Gasteiger partial charge on any atom is -0.490 e. The summed E-state index contributed by atoms with van der Waals surface area (Å²) in [6.45, 7) is 2.62. The summed E-state index contributed by atoms with van der Waals surface area (Å²) in [6.07, 6.45) is 2.32. The summed E-state index contributed by atoms with van der Waals surface area (Å²) in [5.74, 6) is 0.682. The molecule has 3 rings (SSSR count). The van der Waals surface area contributed by atoms with E-state index in [4.69, 9.17) is 32.7 Å². The fraction of sp³-hybridized carbons (Fsp3) is 0.222.